The number of carbonyl (C=O) groups is 1. The fourth-order valence-electron chi connectivity index (χ4n) is 2.95. The highest BCUT2D eigenvalue weighted by Crippen LogP contribution is 2.26. The molecule has 4 rings (SSSR count). The molecule has 2 aromatic heterocycles. The van der Waals surface area contributed by atoms with Crippen molar-refractivity contribution >= 4 is 34.2 Å². The summed E-state index contributed by atoms with van der Waals surface area (Å²) in [6, 6.07) is 18.9. The molecule has 0 spiro atoms. The van der Waals surface area contributed by atoms with Gasteiger partial charge in [0.05, 0.1) is 29.6 Å². The van der Waals surface area contributed by atoms with Gasteiger partial charge in [-0.25, -0.2) is 4.98 Å². The number of thiophene rings is 1. The molecule has 6 nitrogen and oxygen atoms in total. The van der Waals surface area contributed by atoms with Gasteiger partial charge in [0, 0.05) is 0 Å². The van der Waals surface area contributed by atoms with E-state index in [1.54, 1.807) is 13.2 Å². The van der Waals surface area contributed by atoms with Gasteiger partial charge in [0.2, 0.25) is 5.95 Å². The lowest BCUT2D eigenvalue weighted by molar-refractivity contribution is 0.102. The number of aromatic nitrogens is 2. The van der Waals surface area contributed by atoms with E-state index >= 15 is 0 Å². The molecule has 0 radical (unpaired) electrons. The Kier molecular flexibility index (Phi) is 5.25. The number of anilines is 1. The number of methoxy groups -OCH3 is 1. The molecule has 142 valence electrons. The highest BCUT2D eigenvalue weighted by atomic mass is 32.1. The van der Waals surface area contributed by atoms with E-state index in [4.69, 9.17) is 9.47 Å². The fraction of sp³-hybridized carbons (Fsp3) is 0.143. The first-order chi connectivity index (χ1) is 13.8. The average Bonchev–Trinajstić information content (AvgIpc) is 3.37. The quantitative estimate of drug-likeness (QED) is 0.504. The minimum absolute atomic E-state index is 0.169. The lowest BCUT2D eigenvalue weighted by Gasteiger charge is -2.13. The van der Waals surface area contributed by atoms with Gasteiger partial charge in [-0.05, 0) is 35.7 Å². The molecular weight excluding hydrogens is 374 g/mol. The van der Waals surface area contributed by atoms with Crippen molar-refractivity contribution in [3.05, 3.63) is 70.9 Å². The predicted molar refractivity (Wildman–Crippen MR) is 110 cm³/mol. The number of amides is 1. The maximum Gasteiger partial charge on any atom is 0.268 e. The number of para-hydroxylation sites is 4. The lowest BCUT2D eigenvalue weighted by Crippen LogP contribution is -2.17. The van der Waals surface area contributed by atoms with Crippen LogP contribution in [0.4, 0.5) is 5.95 Å². The van der Waals surface area contributed by atoms with Crippen molar-refractivity contribution < 1.29 is 14.3 Å². The van der Waals surface area contributed by atoms with Gasteiger partial charge < -0.3 is 14.0 Å². The third-order valence-corrected chi connectivity index (χ3v) is 5.14. The number of fused-ring (bicyclic) bond motifs is 1. The number of rotatable bonds is 7. The molecule has 0 aliphatic rings. The van der Waals surface area contributed by atoms with Gasteiger partial charge in [-0.3, -0.25) is 10.1 Å². The first-order valence-electron chi connectivity index (χ1n) is 8.82. The minimum Gasteiger partial charge on any atom is -0.493 e. The zero-order valence-corrected chi connectivity index (χ0v) is 16.1. The van der Waals surface area contributed by atoms with Crippen LogP contribution in [0.5, 0.6) is 11.5 Å². The summed E-state index contributed by atoms with van der Waals surface area (Å²) >= 11 is 1.39. The second-order valence-electron chi connectivity index (χ2n) is 6.01. The maximum absolute atomic E-state index is 12.5. The molecule has 2 aromatic carbocycles. The SMILES string of the molecule is COc1ccccc1OCCn1c(NC(=O)c2cccs2)nc2ccccc21. The molecule has 0 unspecified atom stereocenters. The van der Waals surface area contributed by atoms with Crippen LogP contribution in [0.1, 0.15) is 9.67 Å². The van der Waals surface area contributed by atoms with Crippen molar-refractivity contribution in [2.45, 2.75) is 6.54 Å². The molecule has 0 fully saturated rings. The maximum atomic E-state index is 12.5. The Bertz CT molecular complexity index is 1090. The Balaban J connectivity index is 1.56. The standard InChI is InChI=1S/C21H19N3O3S/c1-26-17-9-4-5-10-18(17)27-13-12-24-16-8-3-2-7-15(16)22-21(24)23-20(25)19-11-6-14-28-19/h2-11,14H,12-13H2,1H3,(H,22,23,25). The lowest BCUT2D eigenvalue weighted by atomic mass is 10.3. The van der Waals surface area contributed by atoms with Crippen LogP contribution in [-0.2, 0) is 6.54 Å². The van der Waals surface area contributed by atoms with E-state index in [0.29, 0.717) is 35.5 Å². The number of hydrogen-bond acceptors (Lipinski definition) is 5. The zero-order valence-electron chi connectivity index (χ0n) is 15.3. The van der Waals surface area contributed by atoms with Gasteiger partial charge in [0.1, 0.15) is 6.61 Å². The highest BCUT2D eigenvalue weighted by molar-refractivity contribution is 7.12. The van der Waals surface area contributed by atoms with Crippen molar-refractivity contribution in [2.24, 2.45) is 0 Å². The van der Waals surface area contributed by atoms with Crippen molar-refractivity contribution in [1.29, 1.82) is 0 Å². The summed E-state index contributed by atoms with van der Waals surface area (Å²) in [5.74, 6) is 1.70. The summed E-state index contributed by atoms with van der Waals surface area (Å²) in [6.07, 6.45) is 0. The number of hydrogen-bond donors (Lipinski definition) is 1. The van der Waals surface area contributed by atoms with Gasteiger partial charge in [-0.2, -0.15) is 0 Å². The zero-order chi connectivity index (χ0) is 19.3. The van der Waals surface area contributed by atoms with E-state index in [9.17, 15) is 4.79 Å². The molecule has 0 aliphatic carbocycles. The summed E-state index contributed by atoms with van der Waals surface area (Å²) in [5, 5.41) is 4.79. The summed E-state index contributed by atoms with van der Waals surface area (Å²) in [7, 11) is 1.61. The van der Waals surface area contributed by atoms with Gasteiger partial charge in [-0.15, -0.1) is 11.3 Å². The van der Waals surface area contributed by atoms with E-state index < -0.39 is 0 Å². The van der Waals surface area contributed by atoms with Crippen LogP contribution in [0.25, 0.3) is 11.0 Å². The van der Waals surface area contributed by atoms with Crippen LogP contribution in [0.3, 0.4) is 0 Å². The number of nitrogens with one attached hydrogen (secondary N) is 1. The summed E-state index contributed by atoms with van der Waals surface area (Å²) in [5.41, 5.74) is 1.76. The van der Waals surface area contributed by atoms with Crippen LogP contribution in [0.2, 0.25) is 0 Å². The molecule has 0 saturated heterocycles. The molecule has 1 N–H and O–H groups in total. The summed E-state index contributed by atoms with van der Waals surface area (Å²) < 4.78 is 13.2. The highest BCUT2D eigenvalue weighted by Gasteiger charge is 2.15. The van der Waals surface area contributed by atoms with Gasteiger partial charge in [-0.1, -0.05) is 30.3 Å². The largest absolute Gasteiger partial charge is 0.493 e. The van der Waals surface area contributed by atoms with Crippen LogP contribution < -0.4 is 14.8 Å². The molecular formula is C21H19N3O3S. The van der Waals surface area contributed by atoms with Crippen LogP contribution >= 0.6 is 11.3 Å². The summed E-state index contributed by atoms with van der Waals surface area (Å²) in [6.45, 7) is 0.932. The Morgan fingerprint density at radius 3 is 2.64 bits per heavy atom. The van der Waals surface area contributed by atoms with Crippen molar-refractivity contribution in [3.63, 3.8) is 0 Å². The molecule has 0 aliphatic heterocycles. The molecule has 0 atom stereocenters. The van der Waals surface area contributed by atoms with E-state index in [1.165, 1.54) is 11.3 Å². The molecule has 2 heterocycles. The molecule has 0 saturated carbocycles. The molecule has 28 heavy (non-hydrogen) atoms. The fourth-order valence-corrected chi connectivity index (χ4v) is 3.57. The van der Waals surface area contributed by atoms with Crippen molar-refractivity contribution in [1.82, 2.24) is 9.55 Å². The number of benzene rings is 2. The first-order valence-corrected chi connectivity index (χ1v) is 9.70. The smallest absolute Gasteiger partial charge is 0.268 e. The number of ether oxygens (including phenoxy) is 2. The molecule has 0 bridgehead atoms. The monoisotopic (exact) mass is 393 g/mol. The van der Waals surface area contributed by atoms with E-state index in [1.807, 2.05) is 64.5 Å². The molecule has 1 amide bonds. The third kappa shape index (κ3) is 3.70. The van der Waals surface area contributed by atoms with Crippen LogP contribution in [0, 0.1) is 0 Å². The Labute approximate surface area is 166 Å². The van der Waals surface area contributed by atoms with Crippen LogP contribution in [0.15, 0.2) is 66.0 Å². The normalized spacial score (nSPS) is 10.8. The average molecular weight is 393 g/mol. The molecule has 7 heteroatoms. The Morgan fingerprint density at radius 1 is 1.07 bits per heavy atom. The van der Waals surface area contributed by atoms with Crippen molar-refractivity contribution in [3.8, 4) is 11.5 Å². The van der Waals surface area contributed by atoms with Gasteiger partial charge >= 0.3 is 0 Å². The van der Waals surface area contributed by atoms with Crippen molar-refractivity contribution in [2.75, 3.05) is 19.0 Å². The topological polar surface area (TPSA) is 65.4 Å². The Morgan fingerprint density at radius 2 is 1.86 bits per heavy atom. The number of imidazole rings is 1. The van der Waals surface area contributed by atoms with E-state index in [-0.39, 0.29) is 5.91 Å². The van der Waals surface area contributed by atoms with E-state index in [2.05, 4.69) is 10.3 Å². The van der Waals surface area contributed by atoms with E-state index in [0.717, 1.165) is 11.0 Å². The minimum atomic E-state index is -0.169. The molecule has 4 aromatic rings. The first kappa shape index (κ1) is 18.1. The van der Waals surface area contributed by atoms with Gasteiger partial charge in [0.15, 0.2) is 11.5 Å². The Hall–Kier alpha value is -3.32. The second-order valence-corrected chi connectivity index (χ2v) is 6.95. The predicted octanol–water partition coefficient (Wildman–Crippen LogP) is 4.44. The summed E-state index contributed by atoms with van der Waals surface area (Å²) in [4.78, 5) is 17.7. The number of nitrogens with zero attached hydrogens (tertiary/aromatic N) is 2. The third-order valence-electron chi connectivity index (χ3n) is 4.27. The number of carbonyl (C=O) groups excluding carboxylic acids is 1. The van der Waals surface area contributed by atoms with Crippen LogP contribution in [-0.4, -0.2) is 29.2 Å². The van der Waals surface area contributed by atoms with Gasteiger partial charge in [0.25, 0.3) is 5.91 Å². The second kappa shape index (κ2) is 8.14.